The minimum absolute atomic E-state index is 0.0303. The number of guanidine groups is 1. The zero-order valence-corrected chi connectivity index (χ0v) is 12.5. The van der Waals surface area contributed by atoms with Crippen molar-refractivity contribution in [2.24, 2.45) is 16.3 Å². The van der Waals surface area contributed by atoms with Gasteiger partial charge in [0, 0.05) is 12.3 Å². The third-order valence-electron chi connectivity index (χ3n) is 3.91. The SMILES string of the molecule is CC(C)CN=C1NC(=O)C2(CSCCC2(C)C)N1. The fourth-order valence-electron chi connectivity index (χ4n) is 2.40. The number of carbonyl (C=O) groups excluding carboxylic acids is 1. The summed E-state index contributed by atoms with van der Waals surface area (Å²) in [6.07, 6.45) is 1.05. The normalized spacial score (nSPS) is 32.9. The van der Waals surface area contributed by atoms with Gasteiger partial charge >= 0.3 is 0 Å². The lowest BCUT2D eigenvalue weighted by Crippen LogP contribution is -2.61. The van der Waals surface area contributed by atoms with Crippen LogP contribution in [-0.4, -0.2) is 35.5 Å². The van der Waals surface area contributed by atoms with E-state index in [0.717, 1.165) is 24.5 Å². The molecule has 0 saturated carbocycles. The van der Waals surface area contributed by atoms with Crippen LogP contribution in [0.1, 0.15) is 34.1 Å². The van der Waals surface area contributed by atoms with Gasteiger partial charge in [-0.05, 0) is 23.5 Å². The summed E-state index contributed by atoms with van der Waals surface area (Å²) in [7, 11) is 0. The zero-order valence-electron chi connectivity index (χ0n) is 11.7. The quantitative estimate of drug-likeness (QED) is 0.801. The van der Waals surface area contributed by atoms with Gasteiger partial charge in [-0.3, -0.25) is 15.1 Å². The molecule has 2 rings (SSSR count). The number of hydrogen-bond donors (Lipinski definition) is 2. The second kappa shape index (κ2) is 4.76. The van der Waals surface area contributed by atoms with Gasteiger partial charge in [-0.1, -0.05) is 27.7 Å². The number of nitrogens with one attached hydrogen (secondary N) is 2. The first kappa shape index (κ1) is 13.7. The van der Waals surface area contributed by atoms with Gasteiger partial charge in [0.25, 0.3) is 5.91 Å². The van der Waals surface area contributed by atoms with Crippen LogP contribution < -0.4 is 10.6 Å². The number of carbonyl (C=O) groups is 1. The number of aliphatic imine (C=N–C) groups is 1. The van der Waals surface area contributed by atoms with Gasteiger partial charge < -0.3 is 5.32 Å². The van der Waals surface area contributed by atoms with Crippen LogP contribution in [-0.2, 0) is 4.79 Å². The maximum Gasteiger partial charge on any atom is 0.253 e. The molecule has 4 nitrogen and oxygen atoms in total. The largest absolute Gasteiger partial charge is 0.340 e. The highest BCUT2D eigenvalue weighted by Gasteiger charge is 2.56. The predicted octanol–water partition coefficient (Wildman–Crippen LogP) is 1.62. The van der Waals surface area contributed by atoms with E-state index in [1.54, 1.807) is 0 Å². The Bertz CT molecular complexity index is 378. The van der Waals surface area contributed by atoms with Crippen molar-refractivity contribution in [1.29, 1.82) is 0 Å². The Balaban J connectivity index is 2.19. The van der Waals surface area contributed by atoms with Gasteiger partial charge in [0.2, 0.25) is 0 Å². The highest BCUT2D eigenvalue weighted by molar-refractivity contribution is 7.99. The van der Waals surface area contributed by atoms with Crippen molar-refractivity contribution < 1.29 is 4.79 Å². The van der Waals surface area contributed by atoms with E-state index in [-0.39, 0.29) is 11.3 Å². The highest BCUT2D eigenvalue weighted by atomic mass is 32.2. The highest BCUT2D eigenvalue weighted by Crippen LogP contribution is 2.43. The molecule has 1 atom stereocenters. The van der Waals surface area contributed by atoms with E-state index in [1.165, 1.54) is 0 Å². The summed E-state index contributed by atoms with van der Waals surface area (Å²) in [5.74, 6) is 3.20. The molecule has 2 aliphatic rings. The number of nitrogens with zero attached hydrogens (tertiary/aromatic N) is 1. The van der Waals surface area contributed by atoms with Crippen LogP contribution in [0.4, 0.5) is 0 Å². The van der Waals surface area contributed by atoms with Crippen molar-refractivity contribution in [1.82, 2.24) is 10.6 Å². The molecular weight excluding hydrogens is 246 g/mol. The summed E-state index contributed by atoms with van der Waals surface area (Å²) in [5.41, 5.74) is -0.511. The summed E-state index contributed by atoms with van der Waals surface area (Å²) in [6, 6.07) is 0. The van der Waals surface area contributed by atoms with Crippen LogP contribution in [0.2, 0.25) is 0 Å². The number of amides is 1. The molecule has 2 N–H and O–H groups in total. The Morgan fingerprint density at radius 2 is 2.17 bits per heavy atom. The van der Waals surface area contributed by atoms with E-state index in [2.05, 4.69) is 43.3 Å². The van der Waals surface area contributed by atoms with Crippen molar-refractivity contribution >= 4 is 23.6 Å². The zero-order chi connectivity index (χ0) is 13.4. The number of thioether (sulfide) groups is 1. The third kappa shape index (κ3) is 2.25. The summed E-state index contributed by atoms with van der Waals surface area (Å²) < 4.78 is 0. The van der Waals surface area contributed by atoms with E-state index in [4.69, 9.17) is 0 Å². The Morgan fingerprint density at radius 3 is 2.78 bits per heavy atom. The standard InChI is InChI=1S/C13H23N3OS/c1-9(2)7-14-11-15-10(17)13(16-11)8-18-6-5-12(13,3)4/h9H,5-8H2,1-4H3,(H2,14,15,16,17). The fourth-order valence-corrected chi connectivity index (χ4v) is 4.10. The van der Waals surface area contributed by atoms with Crippen LogP contribution in [0.5, 0.6) is 0 Å². The van der Waals surface area contributed by atoms with Gasteiger partial charge in [0.1, 0.15) is 5.54 Å². The molecule has 0 aromatic carbocycles. The molecule has 102 valence electrons. The summed E-state index contributed by atoms with van der Waals surface area (Å²) >= 11 is 1.85. The molecule has 2 fully saturated rings. The first-order chi connectivity index (χ1) is 8.37. The van der Waals surface area contributed by atoms with Gasteiger partial charge in [0.05, 0.1) is 0 Å². The van der Waals surface area contributed by atoms with Crippen molar-refractivity contribution in [3.05, 3.63) is 0 Å². The van der Waals surface area contributed by atoms with Crippen molar-refractivity contribution in [3.8, 4) is 0 Å². The van der Waals surface area contributed by atoms with Crippen molar-refractivity contribution in [2.45, 2.75) is 39.7 Å². The molecule has 18 heavy (non-hydrogen) atoms. The Morgan fingerprint density at radius 1 is 1.44 bits per heavy atom. The molecule has 0 aromatic rings. The minimum Gasteiger partial charge on any atom is -0.340 e. The number of hydrogen-bond acceptors (Lipinski definition) is 3. The maximum absolute atomic E-state index is 12.4. The molecule has 2 saturated heterocycles. The summed E-state index contributed by atoms with van der Waals surface area (Å²) in [4.78, 5) is 16.8. The predicted molar refractivity (Wildman–Crippen MR) is 76.9 cm³/mol. The lowest BCUT2D eigenvalue weighted by Gasteiger charge is -2.45. The summed E-state index contributed by atoms with van der Waals surface area (Å²) in [6.45, 7) is 9.33. The van der Waals surface area contributed by atoms with E-state index < -0.39 is 5.54 Å². The Kier molecular flexibility index (Phi) is 3.63. The topological polar surface area (TPSA) is 53.5 Å². The molecule has 5 heteroatoms. The van der Waals surface area contributed by atoms with Crippen LogP contribution in [0.15, 0.2) is 4.99 Å². The molecular formula is C13H23N3OS. The van der Waals surface area contributed by atoms with Gasteiger partial charge in [-0.15, -0.1) is 0 Å². The molecule has 1 spiro atoms. The molecule has 1 amide bonds. The van der Waals surface area contributed by atoms with Gasteiger partial charge in [-0.2, -0.15) is 11.8 Å². The van der Waals surface area contributed by atoms with E-state index in [1.807, 2.05) is 11.8 Å². The maximum atomic E-state index is 12.4. The molecule has 0 radical (unpaired) electrons. The fraction of sp³-hybridized carbons (Fsp3) is 0.846. The second-order valence-electron chi connectivity index (χ2n) is 6.25. The van der Waals surface area contributed by atoms with Crippen LogP contribution in [0, 0.1) is 11.3 Å². The first-order valence-corrected chi connectivity index (χ1v) is 7.75. The first-order valence-electron chi connectivity index (χ1n) is 6.59. The smallest absolute Gasteiger partial charge is 0.253 e. The van der Waals surface area contributed by atoms with Crippen molar-refractivity contribution in [3.63, 3.8) is 0 Å². The van der Waals surface area contributed by atoms with Crippen molar-refractivity contribution in [2.75, 3.05) is 18.1 Å². The van der Waals surface area contributed by atoms with E-state index in [0.29, 0.717) is 11.9 Å². The molecule has 1 unspecified atom stereocenters. The van der Waals surface area contributed by atoms with Crippen LogP contribution in [0.25, 0.3) is 0 Å². The summed E-state index contributed by atoms with van der Waals surface area (Å²) in [5, 5.41) is 6.28. The van der Waals surface area contributed by atoms with Crippen LogP contribution in [0.3, 0.4) is 0 Å². The minimum atomic E-state index is -0.480. The third-order valence-corrected chi connectivity index (χ3v) is 5.04. The van der Waals surface area contributed by atoms with Gasteiger partial charge in [0.15, 0.2) is 5.96 Å². The van der Waals surface area contributed by atoms with E-state index in [9.17, 15) is 4.79 Å². The average Bonchev–Trinajstić information content (AvgIpc) is 2.59. The second-order valence-corrected chi connectivity index (χ2v) is 7.36. The lowest BCUT2D eigenvalue weighted by atomic mass is 9.71. The van der Waals surface area contributed by atoms with Crippen LogP contribution >= 0.6 is 11.8 Å². The monoisotopic (exact) mass is 269 g/mol. The molecule has 0 aliphatic carbocycles. The molecule has 0 bridgehead atoms. The Labute approximate surface area is 113 Å². The molecule has 2 aliphatic heterocycles. The molecule has 0 aromatic heterocycles. The molecule has 2 heterocycles. The van der Waals surface area contributed by atoms with E-state index >= 15 is 0 Å². The Hall–Kier alpha value is -0.710. The average molecular weight is 269 g/mol. The number of rotatable bonds is 2. The van der Waals surface area contributed by atoms with Gasteiger partial charge in [-0.25, -0.2) is 0 Å². The lowest BCUT2D eigenvalue weighted by molar-refractivity contribution is -0.127.